The highest BCUT2D eigenvalue weighted by molar-refractivity contribution is 6.28. The second-order valence-electron chi connectivity index (χ2n) is 7.35. The Bertz CT molecular complexity index is 772. The van der Waals surface area contributed by atoms with Crippen LogP contribution in [-0.4, -0.2) is 39.9 Å². The summed E-state index contributed by atoms with van der Waals surface area (Å²) in [6.07, 6.45) is 1.52. The van der Waals surface area contributed by atoms with E-state index < -0.39 is 41.0 Å². The van der Waals surface area contributed by atoms with Gasteiger partial charge in [0.1, 0.15) is 23.5 Å². The van der Waals surface area contributed by atoms with Crippen molar-refractivity contribution in [2.24, 2.45) is 0 Å². The van der Waals surface area contributed by atoms with Gasteiger partial charge in [-0.15, -0.1) is 0 Å². The minimum atomic E-state index is -1.07. The van der Waals surface area contributed by atoms with Gasteiger partial charge in [0, 0.05) is 11.8 Å². The summed E-state index contributed by atoms with van der Waals surface area (Å²) in [5.41, 5.74) is -1.40. The molecule has 0 saturated carbocycles. The highest BCUT2D eigenvalue weighted by atomic mass is 16.6. The number of rotatable bonds is 3. The fraction of sp³-hybridized carbons (Fsp3) is 0.444. The summed E-state index contributed by atoms with van der Waals surface area (Å²) in [7, 11) is 0. The van der Waals surface area contributed by atoms with Gasteiger partial charge in [-0.3, -0.25) is 19.4 Å². The van der Waals surface area contributed by atoms with Crippen molar-refractivity contribution in [1.29, 1.82) is 0 Å². The van der Waals surface area contributed by atoms with Crippen molar-refractivity contribution < 1.29 is 24.2 Å². The van der Waals surface area contributed by atoms with Gasteiger partial charge in [-0.1, -0.05) is 0 Å². The molecule has 2 N–H and O–H groups in total. The maximum atomic E-state index is 12.7. The Balaban J connectivity index is 2.27. The van der Waals surface area contributed by atoms with E-state index in [1.807, 2.05) is 0 Å². The standard InChI is InChI=1S/C18H22N2O5/c1-17(2,3)25-11(21)9-20-16(24)12-13(22)10-7-6-8-19-14(10)18(4,5)15(12)23/h6-8,22H,9H2,1-5H3,(H,20,24). The highest BCUT2D eigenvalue weighted by Crippen LogP contribution is 2.37. The Hall–Kier alpha value is -2.70. The summed E-state index contributed by atoms with van der Waals surface area (Å²) < 4.78 is 5.10. The summed E-state index contributed by atoms with van der Waals surface area (Å²) in [6, 6.07) is 3.20. The van der Waals surface area contributed by atoms with Gasteiger partial charge < -0.3 is 15.2 Å². The second-order valence-corrected chi connectivity index (χ2v) is 7.35. The predicted molar refractivity (Wildman–Crippen MR) is 90.7 cm³/mol. The van der Waals surface area contributed by atoms with Gasteiger partial charge in [-0.2, -0.15) is 0 Å². The molecule has 134 valence electrons. The van der Waals surface area contributed by atoms with E-state index in [9.17, 15) is 19.5 Å². The predicted octanol–water partition coefficient (Wildman–Crippen LogP) is 1.67. The van der Waals surface area contributed by atoms with Crippen LogP contribution in [0.4, 0.5) is 0 Å². The Labute approximate surface area is 146 Å². The van der Waals surface area contributed by atoms with E-state index in [1.54, 1.807) is 46.8 Å². The first-order valence-corrected chi connectivity index (χ1v) is 7.89. The second kappa shape index (κ2) is 6.31. The van der Waals surface area contributed by atoms with Crippen LogP contribution in [0.3, 0.4) is 0 Å². The van der Waals surface area contributed by atoms with E-state index in [-0.39, 0.29) is 5.57 Å². The molecule has 0 unspecified atom stereocenters. The SMILES string of the molecule is CC(C)(C)OC(=O)CNC(=O)C1=C(O)c2cccnc2C(C)(C)C1=O. The Kier molecular flexibility index (Phi) is 4.70. The third-order valence-corrected chi connectivity index (χ3v) is 3.73. The molecule has 0 bridgehead atoms. The molecular weight excluding hydrogens is 324 g/mol. The van der Waals surface area contributed by atoms with Gasteiger partial charge in [0.25, 0.3) is 5.91 Å². The average molecular weight is 346 g/mol. The lowest BCUT2D eigenvalue weighted by atomic mass is 9.73. The number of aliphatic hydroxyl groups excluding tert-OH is 1. The molecule has 1 aromatic heterocycles. The molecular formula is C18H22N2O5. The molecule has 1 amide bonds. The van der Waals surface area contributed by atoms with Crippen molar-refractivity contribution in [2.45, 2.75) is 45.6 Å². The lowest BCUT2D eigenvalue weighted by Gasteiger charge is -2.30. The summed E-state index contributed by atoms with van der Waals surface area (Å²) in [5.74, 6) is -2.45. The maximum Gasteiger partial charge on any atom is 0.325 e. The van der Waals surface area contributed by atoms with Crippen molar-refractivity contribution in [3.8, 4) is 0 Å². The molecule has 1 heterocycles. The Morgan fingerprint density at radius 3 is 2.56 bits per heavy atom. The van der Waals surface area contributed by atoms with Crippen molar-refractivity contribution in [1.82, 2.24) is 10.3 Å². The number of aromatic nitrogens is 1. The first-order valence-electron chi connectivity index (χ1n) is 7.89. The highest BCUT2D eigenvalue weighted by Gasteiger charge is 2.44. The number of esters is 1. The number of ether oxygens (including phenoxy) is 1. The number of hydrogen-bond acceptors (Lipinski definition) is 6. The average Bonchev–Trinajstić information content (AvgIpc) is 2.50. The summed E-state index contributed by atoms with van der Waals surface area (Å²) in [6.45, 7) is 7.98. The molecule has 7 nitrogen and oxygen atoms in total. The number of carbonyl (C=O) groups is 3. The van der Waals surface area contributed by atoms with Gasteiger partial charge in [-0.05, 0) is 46.8 Å². The van der Waals surface area contributed by atoms with E-state index in [0.29, 0.717) is 11.3 Å². The quantitative estimate of drug-likeness (QED) is 0.637. The molecule has 0 saturated heterocycles. The van der Waals surface area contributed by atoms with Crippen LogP contribution in [0.15, 0.2) is 23.9 Å². The smallest absolute Gasteiger partial charge is 0.325 e. The largest absolute Gasteiger partial charge is 0.506 e. The number of Topliss-reactive ketones (excluding diaryl/α,β-unsaturated/α-hetero) is 1. The number of fused-ring (bicyclic) bond motifs is 1. The fourth-order valence-corrected chi connectivity index (χ4v) is 2.59. The molecule has 0 atom stereocenters. The molecule has 0 fully saturated rings. The fourth-order valence-electron chi connectivity index (χ4n) is 2.59. The monoisotopic (exact) mass is 346 g/mol. The lowest BCUT2D eigenvalue weighted by molar-refractivity contribution is -0.154. The van der Waals surface area contributed by atoms with E-state index in [1.165, 1.54) is 6.20 Å². The van der Waals surface area contributed by atoms with Crippen LogP contribution in [0.2, 0.25) is 0 Å². The number of ketones is 1. The molecule has 7 heteroatoms. The van der Waals surface area contributed by atoms with Crippen LogP contribution in [0.1, 0.15) is 45.9 Å². The molecule has 2 rings (SSSR count). The molecule has 0 aliphatic heterocycles. The van der Waals surface area contributed by atoms with Crippen LogP contribution < -0.4 is 5.32 Å². The summed E-state index contributed by atoms with van der Waals surface area (Å²) in [4.78, 5) is 41.0. The minimum absolute atomic E-state index is 0.328. The van der Waals surface area contributed by atoms with E-state index in [4.69, 9.17) is 4.74 Å². The van der Waals surface area contributed by atoms with Crippen LogP contribution in [-0.2, 0) is 24.5 Å². The molecule has 1 aromatic rings. The molecule has 1 aliphatic rings. The van der Waals surface area contributed by atoms with Crippen molar-refractivity contribution in [2.75, 3.05) is 6.54 Å². The zero-order chi connectivity index (χ0) is 19.0. The van der Waals surface area contributed by atoms with Crippen molar-refractivity contribution in [3.05, 3.63) is 35.2 Å². The zero-order valence-electron chi connectivity index (χ0n) is 15.0. The molecule has 0 aromatic carbocycles. The topological polar surface area (TPSA) is 106 Å². The van der Waals surface area contributed by atoms with Gasteiger partial charge in [0.15, 0.2) is 5.78 Å². The molecule has 25 heavy (non-hydrogen) atoms. The van der Waals surface area contributed by atoms with Gasteiger partial charge in [-0.25, -0.2) is 0 Å². The Morgan fingerprint density at radius 1 is 1.32 bits per heavy atom. The van der Waals surface area contributed by atoms with E-state index in [2.05, 4.69) is 10.3 Å². The van der Waals surface area contributed by atoms with E-state index in [0.717, 1.165) is 0 Å². The van der Waals surface area contributed by atoms with Crippen LogP contribution >= 0.6 is 0 Å². The minimum Gasteiger partial charge on any atom is -0.506 e. The van der Waals surface area contributed by atoms with Crippen LogP contribution in [0.5, 0.6) is 0 Å². The number of nitrogens with one attached hydrogen (secondary N) is 1. The normalized spacial score (nSPS) is 16.3. The van der Waals surface area contributed by atoms with Gasteiger partial charge >= 0.3 is 5.97 Å². The maximum absolute atomic E-state index is 12.7. The number of pyridine rings is 1. The molecule has 1 aliphatic carbocycles. The van der Waals surface area contributed by atoms with Crippen LogP contribution in [0, 0.1) is 0 Å². The van der Waals surface area contributed by atoms with Gasteiger partial charge in [0.2, 0.25) is 0 Å². The number of hydrogen-bond donors (Lipinski definition) is 2. The summed E-state index contributed by atoms with van der Waals surface area (Å²) in [5, 5.41) is 12.7. The number of carbonyl (C=O) groups excluding carboxylic acids is 3. The first kappa shape index (κ1) is 18.6. The molecule has 0 radical (unpaired) electrons. The van der Waals surface area contributed by atoms with Crippen molar-refractivity contribution in [3.63, 3.8) is 0 Å². The lowest BCUT2D eigenvalue weighted by Crippen LogP contribution is -2.43. The third-order valence-electron chi connectivity index (χ3n) is 3.73. The third kappa shape index (κ3) is 3.70. The Morgan fingerprint density at radius 2 is 1.96 bits per heavy atom. The number of amides is 1. The van der Waals surface area contributed by atoms with Gasteiger partial charge in [0.05, 0.1) is 11.1 Å². The van der Waals surface area contributed by atoms with Crippen LogP contribution in [0.25, 0.3) is 5.76 Å². The molecule has 0 spiro atoms. The number of aliphatic hydroxyl groups is 1. The van der Waals surface area contributed by atoms with Crippen molar-refractivity contribution >= 4 is 23.4 Å². The first-order chi connectivity index (χ1) is 11.4. The number of nitrogens with zero attached hydrogens (tertiary/aromatic N) is 1. The van der Waals surface area contributed by atoms with E-state index >= 15 is 0 Å². The summed E-state index contributed by atoms with van der Waals surface area (Å²) >= 11 is 0. The zero-order valence-corrected chi connectivity index (χ0v) is 15.0.